The molecule has 0 N–H and O–H groups in total. The Hall–Kier alpha value is -3.51. The number of pyridine rings is 1. The Bertz CT molecular complexity index is 1930. The molecule has 0 spiro atoms. The van der Waals surface area contributed by atoms with E-state index < -0.39 is 21.2 Å². The Morgan fingerprint density at radius 3 is 2.25 bits per heavy atom. The largest absolute Gasteiger partial charge is 0.496 e. The molecule has 5 aliphatic rings. The fourth-order valence-electron chi connectivity index (χ4n) is 8.95. The van der Waals surface area contributed by atoms with Gasteiger partial charge in [-0.25, -0.2) is 23.2 Å². The fraction of sp³-hybridized carbons (Fsp3) is 0.610. The first-order chi connectivity index (χ1) is 25.1. The first kappa shape index (κ1) is 37.8. The Kier molecular flexibility index (Phi) is 10.2. The number of fused-ring (bicyclic) bond motifs is 3. The standard InChI is InChI=1S/C41H54N4O6S2/c1-27-21-30(9-12-33(27)50-5)41-17-14-40(15-18-41,16-19-41)26-45(35-22-29(13-20-42-35)34-23-43-37(52-34)39(2,3)4)36(46)28-7-10-31(11-8-28)51-38(47)44-24-32(25-44)53(6,48)49/h9,12-13,20-23,28,31-32H,7-8,10-11,14-19,24-26H2,1-6H3/t28-,31-,40?,41?. The number of anilines is 1. The number of amides is 2. The lowest BCUT2D eigenvalue weighted by atomic mass is 9.51. The molecule has 286 valence electrons. The maximum absolute atomic E-state index is 14.7. The Labute approximate surface area is 318 Å². The van der Waals surface area contributed by atoms with Crippen LogP contribution in [0.15, 0.2) is 42.7 Å². The van der Waals surface area contributed by atoms with Crippen molar-refractivity contribution < 1.29 is 27.5 Å². The smallest absolute Gasteiger partial charge is 0.410 e. The first-order valence-electron chi connectivity index (χ1n) is 19.1. The highest BCUT2D eigenvalue weighted by atomic mass is 32.2. The van der Waals surface area contributed by atoms with Gasteiger partial charge in [-0.1, -0.05) is 32.9 Å². The van der Waals surface area contributed by atoms with Crippen LogP contribution in [0, 0.1) is 18.3 Å². The van der Waals surface area contributed by atoms with Crippen molar-refractivity contribution in [3.8, 4) is 16.2 Å². The van der Waals surface area contributed by atoms with E-state index in [2.05, 4.69) is 52.0 Å². The number of carbonyl (C=O) groups excluding carboxylic acids is 2. The number of thiazole rings is 1. The molecule has 3 aromatic rings. The summed E-state index contributed by atoms with van der Waals surface area (Å²) in [5.74, 6) is 1.51. The summed E-state index contributed by atoms with van der Waals surface area (Å²) in [6, 6.07) is 10.7. The molecule has 53 heavy (non-hydrogen) atoms. The van der Waals surface area contributed by atoms with Crippen LogP contribution >= 0.6 is 11.3 Å². The van der Waals surface area contributed by atoms with Crippen molar-refractivity contribution in [1.82, 2.24) is 14.9 Å². The summed E-state index contributed by atoms with van der Waals surface area (Å²) < 4.78 is 34.9. The molecule has 2 amide bonds. The van der Waals surface area contributed by atoms with Crippen molar-refractivity contribution in [2.45, 2.75) is 114 Å². The molecule has 0 atom stereocenters. The average molecular weight is 763 g/mol. The fourth-order valence-corrected chi connectivity index (χ4v) is 10.8. The summed E-state index contributed by atoms with van der Waals surface area (Å²) in [5.41, 5.74) is 3.73. The SMILES string of the molecule is COc1ccc(C23CCC(CN(c4cc(-c5cnc(C(C)(C)C)s5)ccn4)C(=O)[C@H]4CC[C@H](OC(=O)N5CC(S(C)(=O)=O)C5)CC4)(CC2)CC3)cc1C. The van der Waals surface area contributed by atoms with Gasteiger partial charge in [0.25, 0.3) is 0 Å². The number of benzene rings is 1. The molecule has 3 heterocycles. The first-order valence-corrected chi connectivity index (χ1v) is 21.9. The van der Waals surface area contributed by atoms with Gasteiger partial charge in [-0.05, 0) is 117 Å². The number of likely N-dealkylation sites (tertiary alicyclic amines) is 1. The zero-order valence-electron chi connectivity index (χ0n) is 32.0. The van der Waals surface area contributed by atoms with E-state index in [9.17, 15) is 18.0 Å². The molecular formula is C41H54N4O6S2. The Morgan fingerprint density at radius 1 is 0.981 bits per heavy atom. The van der Waals surface area contributed by atoms with Gasteiger partial charge in [0.1, 0.15) is 17.7 Å². The lowest BCUT2D eigenvalue weighted by molar-refractivity contribution is -0.124. The van der Waals surface area contributed by atoms with Crippen molar-refractivity contribution in [2.75, 3.05) is 37.9 Å². The molecule has 5 fully saturated rings. The van der Waals surface area contributed by atoms with E-state index in [1.165, 1.54) is 22.3 Å². The predicted octanol–water partition coefficient (Wildman–Crippen LogP) is 7.87. The summed E-state index contributed by atoms with van der Waals surface area (Å²) in [7, 11) is -1.45. The lowest BCUT2D eigenvalue weighted by Gasteiger charge is -2.55. The topological polar surface area (TPSA) is 119 Å². The Morgan fingerprint density at radius 2 is 1.66 bits per heavy atom. The maximum atomic E-state index is 14.7. The molecule has 2 bridgehead atoms. The molecule has 1 saturated heterocycles. The molecule has 4 saturated carbocycles. The summed E-state index contributed by atoms with van der Waals surface area (Å²) in [4.78, 5) is 41.5. The minimum absolute atomic E-state index is 0.0221. The minimum Gasteiger partial charge on any atom is -0.496 e. The van der Waals surface area contributed by atoms with Crippen LogP contribution in [0.2, 0.25) is 0 Å². The van der Waals surface area contributed by atoms with Crippen molar-refractivity contribution in [3.63, 3.8) is 0 Å². The molecule has 0 radical (unpaired) electrons. The third-order valence-corrected chi connectivity index (χ3v) is 15.6. The number of hydrogen-bond donors (Lipinski definition) is 0. The van der Waals surface area contributed by atoms with Crippen LogP contribution in [0.4, 0.5) is 10.6 Å². The van der Waals surface area contributed by atoms with Gasteiger partial charge in [0.15, 0.2) is 9.84 Å². The number of carbonyl (C=O) groups is 2. The second kappa shape index (κ2) is 14.3. The number of aryl methyl sites for hydroxylation is 1. The van der Waals surface area contributed by atoms with Gasteiger partial charge in [-0.15, -0.1) is 11.3 Å². The zero-order valence-corrected chi connectivity index (χ0v) is 33.7. The number of hydrogen-bond acceptors (Lipinski definition) is 9. The van der Waals surface area contributed by atoms with Gasteiger partial charge in [-0.3, -0.25) is 9.69 Å². The van der Waals surface area contributed by atoms with Crippen molar-refractivity contribution in [3.05, 3.63) is 58.9 Å². The third kappa shape index (κ3) is 7.72. The monoisotopic (exact) mass is 762 g/mol. The van der Waals surface area contributed by atoms with E-state index in [1.807, 2.05) is 23.4 Å². The molecule has 0 unspecified atom stereocenters. The van der Waals surface area contributed by atoms with E-state index in [0.717, 1.165) is 59.7 Å². The average Bonchev–Trinajstić information content (AvgIpc) is 3.62. The zero-order chi connectivity index (χ0) is 37.8. The quantitative estimate of drug-likeness (QED) is 0.216. The van der Waals surface area contributed by atoms with Crippen molar-refractivity contribution in [2.24, 2.45) is 11.3 Å². The van der Waals surface area contributed by atoms with Crippen molar-refractivity contribution in [1.29, 1.82) is 0 Å². The third-order valence-electron chi connectivity index (χ3n) is 12.6. The lowest BCUT2D eigenvalue weighted by Crippen LogP contribution is -2.57. The summed E-state index contributed by atoms with van der Waals surface area (Å²) in [6.45, 7) is 9.61. The van der Waals surface area contributed by atoms with Gasteiger partial charge in [0, 0.05) is 49.6 Å². The second-order valence-corrected chi connectivity index (χ2v) is 20.6. The van der Waals surface area contributed by atoms with Gasteiger partial charge in [0.05, 0.1) is 22.2 Å². The van der Waals surface area contributed by atoms with Crippen LogP contribution in [0.25, 0.3) is 10.4 Å². The van der Waals surface area contributed by atoms with Crippen LogP contribution in [0.5, 0.6) is 5.75 Å². The summed E-state index contributed by atoms with van der Waals surface area (Å²) >= 11 is 1.69. The molecule has 1 aromatic carbocycles. The van der Waals surface area contributed by atoms with Crippen LogP contribution in [0.1, 0.15) is 101 Å². The maximum Gasteiger partial charge on any atom is 0.410 e. The Balaban J connectivity index is 1.08. The highest BCUT2D eigenvalue weighted by Gasteiger charge is 2.51. The van der Waals surface area contributed by atoms with Gasteiger partial charge in [0.2, 0.25) is 5.91 Å². The number of sulfone groups is 1. The van der Waals surface area contributed by atoms with Crippen LogP contribution < -0.4 is 9.64 Å². The number of rotatable bonds is 9. The van der Waals surface area contributed by atoms with Gasteiger partial charge in [-0.2, -0.15) is 0 Å². The van der Waals surface area contributed by atoms with Gasteiger partial charge >= 0.3 is 6.09 Å². The van der Waals surface area contributed by atoms with E-state index in [-0.39, 0.29) is 47.3 Å². The summed E-state index contributed by atoms with van der Waals surface area (Å²) in [5, 5.41) is 0.549. The molecule has 10 nitrogen and oxygen atoms in total. The highest BCUT2D eigenvalue weighted by molar-refractivity contribution is 7.91. The molecular weight excluding hydrogens is 709 g/mol. The van der Waals surface area contributed by atoms with Crippen LogP contribution in [-0.4, -0.2) is 79.6 Å². The number of ether oxygens (including phenoxy) is 2. The summed E-state index contributed by atoms with van der Waals surface area (Å²) in [6.07, 6.45) is 13.1. The van der Waals surface area contributed by atoms with Crippen LogP contribution in [-0.2, 0) is 30.2 Å². The number of aromatic nitrogens is 2. The number of nitrogens with zero attached hydrogens (tertiary/aromatic N) is 4. The van der Waals surface area contributed by atoms with E-state index in [0.29, 0.717) is 38.0 Å². The molecule has 2 aromatic heterocycles. The second-order valence-electron chi connectivity index (χ2n) is 17.3. The normalized spacial score (nSPS) is 26.2. The van der Waals surface area contributed by atoms with Crippen molar-refractivity contribution >= 4 is 39.0 Å². The van der Waals surface area contributed by atoms with Crippen LogP contribution in [0.3, 0.4) is 0 Å². The molecule has 12 heteroatoms. The van der Waals surface area contributed by atoms with E-state index in [1.54, 1.807) is 18.4 Å². The number of methoxy groups -OCH3 is 1. The van der Waals surface area contributed by atoms with E-state index >= 15 is 0 Å². The molecule has 4 aliphatic carbocycles. The van der Waals surface area contributed by atoms with Gasteiger partial charge < -0.3 is 14.4 Å². The minimum atomic E-state index is -3.18. The predicted molar refractivity (Wildman–Crippen MR) is 208 cm³/mol. The highest BCUT2D eigenvalue weighted by Crippen LogP contribution is 2.58. The molecule has 1 aliphatic heterocycles. The molecule has 8 rings (SSSR count). The van der Waals surface area contributed by atoms with E-state index in [4.69, 9.17) is 19.4 Å².